The maximum absolute atomic E-state index is 12.6. The van der Waals surface area contributed by atoms with Gasteiger partial charge >= 0.3 is 6.03 Å². The third kappa shape index (κ3) is 5.66. The Balaban J connectivity index is 1.18. The minimum atomic E-state index is -0.537. The Kier molecular flexibility index (Phi) is 7.34. The van der Waals surface area contributed by atoms with Crippen molar-refractivity contribution in [3.05, 3.63) is 35.4 Å². The molecule has 7 heteroatoms. The molecule has 0 saturated carbocycles. The Morgan fingerprint density at radius 3 is 2.93 bits per heavy atom. The molecule has 2 saturated heterocycles. The highest BCUT2D eigenvalue weighted by Crippen LogP contribution is 2.20. The first kappa shape index (κ1) is 21.0. The van der Waals surface area contributed by atoms with Gasteiger partial charge in [0.15, 0.2) is 0 Å². The van der Waals surface area contributed by atoms with Gasteiger partial charge in [0.25, 0.3) is 0 Å². The molecule has 0 spiro atoms. The van der Waals surface area contributed by atoms with Crippen LogP contribution in [-0.4, -0.2) is 95.3 Å². The number of nitrogens with one attached hydrogen (secondary N) is 1. The molecule has 2 N–H and O–H groups in total. The van der Waals surface area contributed by atoms with Crippen LogP contribution in [0.25, 0.3) is 0 Å². The highest BCUT2D eigenvalue weighted by Gasteiger charge is 2.30. The number of β-amino-alcohol motifs (C(OH)–C–C–N with tert-alkyl or cyclic N) is 1. The molecule has 1 unspecified atom stereocenters. The summed E-state index contributed by atoms with van der Waals surface area (Å²) in [6, 6.07) is 9.00. The van der Waals surface area contributed by atoms with Crippen LogP contribution in [0.15, 0.2) is 24.3 Å². The number of nitrogens with zero attached hydrogens (tertiary/aromatic N) is 3. The van der Waals surface area contributed by atoms with E-state index in [1.54, 1.807) is 0 Å². The molecule has 29 heavy (non-hydrogen) atoms. The van der Waals surface area contributed by atoms with E-state index in [0.29, 0.717) is 19.1 Å². The number of aliphatic hydroxyl groups excluding tert-OH is 1. The summed E-state index contributed by atoms with van der Waals surface area (Å²) in [5, 5.41) is 13.4. The Morgan fingerprint density at radius 2 is 2.03 bits per heavy atom. The summed E-state index contributed by atoms with van der Waals surface area (Å²) < 4.78 is 0. The zero-order chi connectivity index (χ0) is 20.1. The van der Waals surface area contributed by atoms with E-state index in [-0.39, 0.29) is 6.03 Å². The predicted molar refractivity (Wildman–Crippen MR) is 118 cm³/mol. The lowest BCUT2D eigenvalue weighted by Crippen LogP contribution is -2.46. The van der Waals surface area contributed by atoms with Gasteiger partial charge in [-0.1, -0.05) is 24.3 Å². The normalized spacial score (nSPS) is 24.7. The summed E-state index contributed by atoms with van der Waals surface area (Å²) in [7, 11) is 0. The van der Waals surface area contributed by atoms with E-state index in [9.17, 15) is 9.90 Å². The number of hydrogen-bond donors (Lipinski definition) is 2. The summed E-state index contributed by atoms with van der Waals surface area (Å²) in [5.74, 6) is 2.46. The number of likely N-dealkylation sites (tertiary alicyclic amines) is 1. The third-order valence-electron chi connectivity index (χ3n) is 6.39. The SMILES string of the molecule is O=C(NC[C@H](O)CN1CCc2ccccc2C1)N1CCC(N2CCCSCC2)C1. The van der Waals surface area contributed by atoms with Gasteiger partial charge in [-0.3, -0.25) is 9.80 Å². The number of urea groups is 1. The fraction of sp³-hybridized carbons (Fsp3) is 0.682. The van der Waals surface area contributed by atoms with E-state index in [1.165, 1.54) is 29.1 Å². The molecule has 2 fully saturated rings. The van der Waals surface area contributed by atoms with Crippen molar-refractivity contribution in [2.75, 3.05) is 57.3 Å². The van der Waals surface area contributed by atoms with Crippen LogP contribution in [0.5, 0.6) is 0 Å². The van der Waals surface area contributed by atoms with Gasteiger partial charge in [0.1, 0.15) is 0 Å². The number of hydrogen-bond acceptors (Lipinski definition) is 5. The van der Waals surface area contributed by atoms with Gasteiger partial charge in [-0.25, -0.2) is 4.79 Å². The Morgan fingerprint density at radius 1 is 1.17 bits per heavy atom. The Hall–Kier alpha value is -1.28. The summed E-state index contributed by atoms with van der Waals surface area (Å²) in [4.78, 5) is 19.3. The second kappa shape index (κ2) is 10.2. The van der Waals surface area contributed by atoms with Gasteiger partial charge < -0.3 is 15.3 Å². The molecule has 160 valence electrons. The van der Waals surface area contributed by atoms with Crippen LogP contribution in [-0.2, 0) is 13.0 Å². The number of benzene rings is 1. The monoisotopic (exact) mass is 418 g/mol. The highest BCUT2D eigenvalue weighted by atomic mass is 32.2. The summed E-state index contributed by atoms with van der Waals surface area (Å²) in [6.45, 7) is 6.69. The number of amides is 2. The standard InChI is InChI=1S/C22H34N4O2S/c27-21(17-24-9-6-18-4-1-2-5-19(18)15-24)14-23-22(28)26-10-7-20(16-26)25-8-3-12-29-13-11-25/h1-2,4-5,20-21,27H,3,6-17H2,(H,23,28)/t20?,21-/m0/s1. The predicted octanol–water partition coefficient (Wildman–Crippen LogP) is 1.63. The minimum Gasteiger partial charge on any atom is -0.390 e. The van der Waals surface area contributed by atoms with E-state index in [0.717, 1.165) is 52.1 Å². The topological polar surface area (TPSA) is 59.1 Å². The van der Waals surface area contributed by atoms with Crippen LogP contribution in [0.3, 0.4) is 0 Å². The number of aliphatic hydroxyl groups is 1. The molecule has 6 nitrogen and oxygen atoms in total. The average molecular weight is 419 g/mol. The van der Waals surface area contributed by atoms with Crippen LogP contribution >= 0.6 is 11.8 Å². The smallest absolute Gasteiger partial charge is 0.317 e. The molecule has 3 aliphatic heterocycles. The van der Waals surface area contributed by atoms with Gasteiger partial charge in [0, 0.05) is 57.6 Å². The van der Waals surface area contributed by atoms with E-state index in [1.807, 2.05) is 16.7 Å². The van der Waals surface area contributed by atoms with Gasteiger partial charge in [0.2, 0.25) is 0 Å². The number of fused-ring (bicyclic) bond motifs is 1. The van der Waals surface area contributed by atoms with Crippen molar-refractivity contribution in [2.24, 2.45) is 0 Å². The number of thioether (sulfide) groups is 1. The van der Waals surface area contributed by atoms with Crippen molar-refractivity contribution in [3.63, 3.8) is 0 Å². The first-order valence-corrected chi connectivity index (χ1v) is 12.2. The van der Waals surface area contributed by atoms with Crippen molar-refractivity contribution < 1.29 is 9.90 Å². The lowest BCUT2D eigenvalue weighted by Gasteiger charge is -2.30. The van der Waals surface area contributed by atoms with Gasteiger partial charge in [-0.2, -0.15) is 11.8 Å². The quantitative estimate of drug-likeness (QED) is 0.761. The Bertz CT molecular complexity index is 681. The van der Waals surface area contributed by atoms with Gasteiger partial charge in [-0.05, 0) is 42.7 Å². The van der Waals surface area contributed by atoms with Crippen molar-refractivity contribution in [1.29, 1.82) is 0 Å². The van der Waals surface area contributed by atoms with E-state index in [4.69, 9.17) is 0 Å². The Labute approximate surface area is 178 Å². The summed E-state index contributed by atoms with van der Waals surface area (Å²) >= 11 is 2.04. The van der Waals surface area contributed by atoms with Crippen LogP contribution in [0, 0.1) is 0 Å². The fourth-order valence-corrected chi connectivity index (χ4v) is 5.65. The molecular formula is C22H34N4O2S. The van der Waals surface area contributed by atoms with Crippen molar-refractivity contribution >= 4 is 17.8 Å². The van der Waals surface area contributed by atoms with E-state index in [2.05, 4.69) is 39.4 Å². The number of carbonyl (C=O) groups is 1. The minimum absolute atomic E-state index is 0.0280. The van der Waals surface area contributed by atoms with Gasteiger partial charge in [-0.15, -0.1) is 0 Å². The van der Waals surface area contributed by atoms with Gasteiger partial charge in [0.05, 0.1) is 6.10 Å². The first-order chi connectivity index (χ1) is 14.2. The first-order valence-electron chi connectivity index (χ1n) is 11.0. The third-order valence-corrected chi connectivity index (χ3v) is 7.44. The molecule has 1 aromatic carbocycles. The van der Waals surface area contributed by atoms with Crippen LogP contribution in [0.4, 0.5) is 4.79 Å². The van der Waals surface area contributed by atoms with Crippen molar-refractivity contribution in [3.8, 4) is 0 Å². The summed E-state index contributed by atoms with van der Waals surface area (Å²) in [5.41, 5.74) is 2.77. The summed E-state index contributed by atoms with van der Waals surface area (Å²) in [6.07, 6.45) is 2.80. The second-order valence-corrected chi connectivity index (χ2v) is 9.71. The molecule has 0 radical (unpaired) electrons. The van der Waals surface area contributed by atoms with Crippen molar-refractivity contribution in [1.82, 2.24) is 20.0 Å². The van der Waals surface area contributed by atoms with E-state index < -0.39 is 6.10 Å². The molecule has 3 aliphatic rings. The van der Waals surface area contributed by atoms with Crippen LogP contribution in [0.1, 0.15) is 24.0 Å². The maximum Gasteiger partial charge on any atom is 0.317 e. The zero-order valence-corrected chi connectivity index (χ0v) is 18.1. The van der Waals surface area contributed by atoms with Crippen LogP contribution < -0.4 is 5.32 Å². The number of rotatable bonds is 5. The lowest BCUT2D eigenvalue weighted by atomic mass is 10.00. The fourth-order valence-electron chi connectivity index (χ4n) is 4.74. The maximum atomic E-state index is 12.6. The zero-order valence-electron chi connectivity index (χ0n) is 17.3. The second-order valence-electron chi connectivity index (χ2n) is 8.48. The molecule has 2 atom stereocenters. The molecule has 0 aromatic heterocycles. The largest absolute Gasteiger partial charge is 0.390 e. The number of carbonyl (C=O) groups excluding carboxylic acids is 1. The highest BCUT2D eigenvalue weighted by molar-refractivity contribution is 7.99. The van der Waals surface area contributed by atoms with E-state index >= 15 is 0 Å². The molecule has 3 heterocycles. The molecule has 2 amide bonds. The molecule has 4 rings (SSSR count). The molecule has 0 aliphatic carbocycles. The average Bonchev–Trinajstić information content (AvgIpc) is 3.08. The van der Waals surface area contributed by atoms with Crippen molar-refractivity contribution in [2.45, 2.75) is 38.0 Å². The molecular weight excluding hydrogens is 384 g/mol. The lowest BCUT2D eigenvalue weighted by molar-refractivity contribution is 0.104. The molecule has 0 bridgehead atoms. The molecule has 1 aromatic rings. The van der Waals surface area contributed by atoms with Crippen LogP contribution in [0.2, 0.25) is 0 Å².